The highest BCUT2D eigenvalue weighted by atomic mass is 16.7. The van der Waals surface area contributed by atoms with Gasteiger partial charge in [-0.25, -0.2) is 0 Å². The average molecular weight is 396 g/mol. The molecule has 1 aromatic rings. The number of amides is 1. The fourth-order valence-corrected chi connectivity index (χ4v) is 4.87. The number of nitrogens with one attached hydrogen (secondary N) is 1. The number of benzene rings is 1. The third-order valence-corrected chi connectivity index (χ3v) is 7.91. The summed E-state index contributed by atoms with van der Waals surface area (Å²) in [6, 6.07) is 8.53. The van der Waals surface area contributed by atoms with Gasteiger partial charge in [-0.05, 0) is 83.5 Å². The lowest BCUT2D eigenvalue weighted by molar-refractivity contribution is 0.00578. The first-order valence-corrected chi connectivity index (χ1v) is 11.2. The molecule has 2 aliphatic carbocycles. The number of hydrogen-bond acceptors (Lipinski definition) is 4. The smallest absolute Gasteiger partial charge is 0.403 e. The topological polar surface area (TPSA) is 50.8 Å². The largest absolute Gasteiger partial charge is 0.464 e. The van der Waals surface area contributed by atoms with Gasteiger partial charge in [0.1, 0.15) is 0 Å². The molecular weight excluding hydrogens is 363 g/mol. The highest BCUT2D eigenvalue weighted by Crippen LogP contribution is 2.69. The lowest BCUT2D eigenvalue weighted by atomic mass is 9.63. The van der Waals surface area contributed by atoms with Gasteiger partial charge in [0, 0.05) is 30.0 Å². The predicted molar refractivity (Wildman–Crippen MR) is 114 cm³/mol. The molecule has 5 nitrogen and oxygen atoms in total. The summed E-state index contributed by atoms with van der Waals surface area (Å²) in [6.45, 7) is 11.7. The van der Waals surface area contributed by atoms with Gasteiger partial charge in [0.25, 0.3) is 5.91 Å². The van der Waals surface area contributed by atoms with Crippen LogP contribution < -0.4 is 5.32 Å². The number of nitrogens with zero attached hydrogens (tertiary/aromatic N) is 1. The van der Waals surface area contributed by atoms with E-state index in [1.807, 2.05) is 12.1 Å². The van der Waals surface area contributed by atoms with E-state index in [9.17, 15) is 4.79 Å². The SMILES string of the molecule is CC1(C)OB(C23CCN(Cc4ccc(C(=O)NC5CC5)cc4)CC2C3)OC1(C)C. The summed E-state index contributed by atoms with van der Waals surface area (Å²) in [6.07, 6.45) is 4.58. The predicted octanol–water partition coefficient (Wildman–Crippen LogP) is 3.64. The van der Waals surface area contributed by atoms with Gasteiger partial charge in [-0.15, -0.1) is 0 Å². The monoisotopic (exact) mass is 396 g/mol. The second-order valence-electron chi connectivity index (χ2n) is 10.7. The Bertz CT molecular complexity index is 789. The van der Waals surface area contributed by atoms with Crippen molar-refractivity contribution in [1.29, 1.82) is 0 Å². The van der Waals surface area contributed by atoms with Crippen molar-refractivity contribution in [3.05, 3.63) is 35.4 Å². The molecule has 4 fully saturated rings. The molecule has 2 saturated heterocycles. The molecule has 1 aromatic carbocycles. The molecule has 2 aliphatic heterocycles. The molecule has 0 aromatic heterocycles. The van der Waals surface area contributed by atoms with E-state index in [0.717, 1.165) is 44.5 Å². The molecule has 5 rings (SSSR count). The zero-order valence-corrected chi connectivity index (χ0v) is 18.2. The maximum atomic E-state index is 12.2. The normalized spacial score (nSPS) is 32.7. The zero-order chi connectivity index (χ0) is 20.4. The van der Waals surface area contributed by atoms with Crippen molar-refractivity contribution >= 4 is 13.0 Å². The number of fused-ring (bicyclic) bond motifs is 1. The number of carbonyl (C=O) groups is 1. The van der Waals surface area contributed by atoms with Crippen LogP contribution in [0.2, 0.25) is 5.31 Å². The van der Waals surface area contributed by atoms with Gasteiger partial charge in [0.2, 0.25) is 0 Å². The zero-order valence-electron chi connectivity index (χ0n) is 18.2. The Morgan fingerprint density at radius 2 is 1.79 bits per heavy atom. The van der Waals surface area contributed by atoms with Gasteiger partial charge >= 0.3 is 7.12 Å². The summed E-state index contributed by atoms with van der Waals surface area (Å²) in [7, 11) is -0.0658. The lowest BCUT2D eigenvalue weighted by Gasteiger charge is -2.32. The van der Waals surface area contributed by atoms with Crippen molar-refractivity contribution in [1.82, 2.24) is 10.2 Å². The highest BCUT2D eigenvalue weighted by Gasteiger charge is 2.70. The van der Waals surface area contributed by atoms with Crippen LogP contribution in [-0.2, 0) is 15.9 Å². The first-order valence-electron chi connectivity index (χ1n) is 11.2. The van der Waals surface area contributed by atoms with E-state index < -0.39 is 0 Å². The Balaban J connectivity index is 1.16. The minimum Gasteiger partial charge on any atom is -0.403 e. The second kappa shape index (κ2) is 6.56. The van der Waals surface area contributed by atoms with Crippen molar-refractivity contribution in [3.63, 3.8) is 0 Å². The molecule has 0 radical (unpaired) electrons. The average Bonchev–Trinajstić information content (AvgIpc) is 3.55. The summed E-state index contributed by atoms with van der Waals surface area (Å²) in [5.41, 5.74) is 1.55. The fraction of sp³-hybridized carbons (Fsp3) is 0.696. The van der Waals surface area contributed by atoms with E-state index in [2.05, 4.69) is 50.0 Å². The molecule has 4 aliphatic rings. The van der Waals surface area contributed by atoms with Gasteiger partial charge in [0.05, 0.1) is 11.2 Å². The molecule has 1 N–H and O–H groups in total. The lowest BCUT2D eigenvalue weighted by Crippen LogP contribution is -2.41. The molecule has 0 spiro atoms. The molecular formula is C23H33BN2O3. The van der Waals surface area contributed by atoms with Crippen molar-refractivity contribution in [2.75, 3.05) is 13.1 Å². The molecule has 0 bridgehead atoms. The molecule has 2 saturated carbocycles. The number of carbonyl (C=O) groups excluding carboxylic acids is 1. The van der Waals surface area contributed by atoms with Crippen LogP contribution in [0.25, 0.3) is 0 Å². The van der Waals surface area contributed by atoms with Gasteiger partial charge < -0.3 is 14.6 Å². The van der Waals surface area contributed by atoms with E-state index in [0.29, 0.717) is 12.0 Å². The molecule has 2 heterocycles. The van der Waals surface area contributed by atoms with Crippen LogP contribution in [0.15, 0.2) is 24.3 Å². The Morgan fingerprint density at radius 3 is 2.38 bits per heavy atom. The van der Waals surface area contributed by atoms with E-state index in [1.54, 1.807) is 0 Å². The van der Waals surface area contributed by atoms with E-state index in [-0.39, 0.29) is 29.5 Å². The van der Waals surface area contributed by atoms with Crippen LogP contribution in [0.1, 0.15) is 69.3 Å². The standard InChI is InChI=1S/C23H33BN2O3/c1-21(2)22(3,4)29-24(28-21)23-11-12-26(15-18(23)13-23)14-16-5-7-17(8-6-16)20(27)25-19-9-10-19/h5-8,18-19H,9-15H2,1-4H3,(H,25,27). The molecule has 156 valence electrons. The first-order chi connectivity index (χ1) is 13.7. The van der Waals surface area contributed by atoms with Crippen LogP contribution in [0.4, 0.5) is 0 Å². The number of piperidine rings is 1. The third kappa shape index (κ3) is 3.53. The molecule has 1 amide bonds. The summed E-state index contributed by atoms with van der Waals surface area (Å²) < 4.78 is 12.8. The fourth-order valence-electron chi connectivity index (χ4n) is 4.87. The van der Waals surface area contributed by atoms with Gasteiger partial charge in [-0.3, -0.25) is 9.69 Å². The summed E-state index contributed by atoms with van der Waals surface area (Å²) in [5, 5.41) is 3.27. The molecule has 2 atom stereocenters. The summed E-state index contributed by atoms with van der Waals surface area (Å²) >= 11 is 0. The Kier molecular flexibility index (Phi) is 4.43. The second-order valence-corrected chi connectivity index (χ2v) is 10.7. The van der Waals surface area contributed by atoms with Crippen molar-refractivity contribution in [3.8, 4) is 0 Å². The highest BCUT2D eigenvalue weighted by molar-refractivity contribution is 6.51. The maximum Gasteiger partial charge on any atom is 0.464 e. The van der Waals surface area contributed by atoms with Crippen LogP contribution in [-0.4, -0.2) is 48.3 Å². The number of likely N-dealkylation sites (tertiary alicyclic amines) is 1. The van der Waals surface area contributed by atoms with Crippen molar-refractivity contribution in [2.45, 2.75) is 82.5 Å². The van der Waals surface area contributed by atoms with E-state index >= 15 is 0 Å². The minimum absolute atomic E-state index is 0.0576. The Hall–Kier alpha value is -1.37. The van der Waals surface area contributed by atoms with Crippen LogP contribution in [0, 0.1) is 5.92 Å². The Labute approximate surface area is 174 Å². The van der Waals surface area contributed by atoms with Crippen LogP contribution in [0.5, 0.6) is 0 Å². The van der Waals surface area contributed by atoms with Crippen LogP contribution >= 0.6 is 0 Å². The van der Waals surface area contributed by atoms with Crippen molar-refractivity contribution < 1.29 is 14.1 Å². The number of hydrogen-bond donors (Lipinski definition) is 1. The maximum absolute atomic E-state index is 12.2. The summed E-state index contributed by atoms with van der Waals surface area (Å²) in [4.78, 5) is 14.7. The van der Waals surface area contributed by atoms with E-state index in [4.69, 9.17) is 9.31 Å². The molecule has 2 unspecified atom stereocenters. The minimum atomic E-state index is -0.246. The Morgan fingerprint density at radius 1 is 1.14 bits per heavy atom. The van der Waals surface area contributed by atoms with E-state index in [1.165, 1.54) is 12.0 Å². The first kappa shape index (κ1) is 19.6. The third-order valence-electron chi connectivity index (χ3n) is 7.91. The number of rotatable bonds is 5. The van der Waals surface area contributed by atoms with Gasteiger partial charge in [-0.1, -0.05) is 12.1 Å². The molecule has 6 heteroatoms. The van der Waals surface area contributed by atoms with Crippen LogP contribution in [0.3, 0.4) is 0 Å². The molecule has 29 heavy (non-hydrogen) atoms. The van der Waals surface area contributed by atoms with Crippen molar-refractivity contribution in [2.24, 2.45) is 5.92 Å². The van der Waals surface area contributed by atoms with Gasteiger partial charge in [0.15, 0.2) is 0 Å². The van der Waals surface area contributed by atoms with Gasteiger partial charge in [-0.2, -0.15) is 0 Å². The quantitative estimate of drug-likeness (QED) is 0.773. The summed E-state index contributed by atoms with van der Waals surface area (Å²) in [5.74, 6) is 0.719.